The van der Waals surface area contributed by atoms with Gasteiger partial charge in [0.05, 0.1) is 44.4 Å². The number of alkyl halides is 2. The highest BCUT2D eigenvalue weighted by Gasteiger charge is 2.46. The van der Waals surface area contributed by atoms with E-state index >= 15 is 0 Å². The average Bonchev–Trinajstić information content (AvgIpc) is 3.67. The third kappa shape index (κ3) is 5.82. The minimum atomic E-state index is -2.78. The van der Waals surface area contributed by atoms with Crippen molar-refractivity contribution in [2.45, 2.75) is 25.4 Å². The lowest BCUT2D eigenvalue weighted by atomic mass is 10.1. The molecular weight excluding hydrogens is 586 g/mol. The van der Waals surface area contributed by atoms with E-state index in [2.05, 4.69) is 25.5 Å². The van der Waals surface area contributed by atoms with Crippen LogP contribution in [0.15, 0.2) is 73.1 Å². The molecule has 44 heavy (non-hydrogen) atoms. The molecule has 3 aromatic heterocycles. The Labute approximate surface area is 255 Å². The minimum Gasteiger partial charge on any atom is -0.497 e. The second kappa shape index (κ2) is 11.3. The van der Waals surface area contributed by atoms with E-state index in [4.69, 9.17) is 9.72 Å². The zero-order valence-electron chi connectivity index (χ0n) is 23.8. The first kappa shape index (κ1) is 27.9. The number of hydrogen-bond acceptors (Lipinski definition) is 9. The van der Waals surface area contributed by atoms with Crippen LogP contribution in [0.4, 0.5) is 26.2 Å². The summed E-state index contributed by atoms with van der Waals surface area (Å²) in [5.41, 5.74) is 4.77. The van der Waals surface area contributed by atoms with Gasteiger partial charge in [0.2, 0.25) is 5.95 Å². The Hall–Kier alpha value is -4.91. The number of methoxy groups -OCH3 is 1. The van der Waals surface area contributed by atoms with Gasteiger partial charge < -0.3 is 19.9 Å². The molecule has 0 spiro atoms. The fourth-order valence-corrected chi connectivity index (χ4v) is 6.47. The lowest BCUT2D eigenvalue weighted by Crippen LogP contribution is -2.58. The summed E-state index contributed by atoms with van der Waals surface area (Å²) in [7, 11) is 1.65. The Morgan fingerprint density at radius 1 is 1.09 bits per heavy atom. The van der Waals surface area contributed by atoms with Crippen LogP contribution in [0.25, 0.3) is 11.3 Å². The normalized spacial score (nSPS) is 15.4. The summed E-state index contributed by atoms with van der Waals surface area (Å²) in [4.78, 5) is 26.6. The lowest BCUT2D eigenvalue weighted by molar-refractivity contribution is -0.112. The Morgan fingerprint density at radius 2 is 1.89 bits per heavy atom. The van der Waals surface area contributed by atoms with Gasteiger partial charge >= 0.3 is 0 Å². The van der Waals surface area contributed by atoms with Crippen molar-refractivity contribution in [1.29, 1.82) is 0 Å². The summed E-state index contributed by atoms with van der Waals surface area (Å²) in [5, 5.41) is 11.9. The number of ether oxygens (including phenoxy) is 1. The van der Waals surface area contributed by atoms with E-state index in [0.717, 1.165) is 45.1 Å². The number of likely N-dealkylation sites (tertiary alicyclic amines) is 1. The fraction of sp³-hybridized carbons (Fsp3) is 0.258. The summed E-state index contributed by atoms with van der Waals surface area (Å²) in [5.74, 6) is -1.06. The molecule has 1 saturated heterocycles. The van der Waals surface area contributed by atoms with Crippen molar-refractivity contribution in [3.63, 3.8) is 0 Å². The van der Waals surface area contributed by atoms with Crippen LogP contribution in [0.3, 0.4) is 0 Å². The molecule has 2 aliphatic heterocycles. The first-order valence-corrected chi connectivity index (χ1v) is 14.9. The highest BCUT2D eigenvalue weighted by molar-refractivity contribution is 7.14. The molecule has 2 aromatic carbocycles. The Bertz CT molecular complexity index is 1800. The molecular formula is C31H28F2N8O2S. The summed E-state index contributed by atoms with van der Waals surface area (Å²) in [6.45, 7) is 0.835. The molecule has 0 atom stereocenters. The molecule has 7 rings (SSSR count). The van der Waals surface area contributed by atoms with E-state index in [1.165, 1.54) is 16.2 Å². The van der Waals surface area contributed by atoms with Gasteiger partial charge in [0.15, 0.2) is 0 Å². The second-order valence-corrected chi connectivity index (χ2v) is 12.0. The summed E-state index contributed by atoms with van der Waals surface area (Å²) in [6, 6.07) is 19.4. The number of aromatic nitrogens is 5. The first-order chi connectivity index (χ1) is 21.3. The highest BCUT2D eigenvalue weighted by atomic mass is 32.1. The Kier molecular flexibility index (Phi) is 7.17. The van der Waals surface area contributed by atoms with Crippen LogP contribution >= 0.6 is 11.3 Å². The molecule has 0 bridgehead atoms. The van der Waals surface area contributed by atoms with Gasteiger partial charge in [0.25, 0.3) is 11.8 Å². The molecule has 0 radical (unpaired) electrons. The smallest absolute Gasteiger partial charge is 0.282 e. The van der Waals surface area contributed by atoms with Crippen LogP contribution in [-0.2, 0) is 19.5 Å². The number of benzene rings is 2. The van der Waals surface area contributed by atoms with Crippen molar-refractivity contribution in [3.8, 4) is 17.0 Å². The number of anilines is 3. The van der Waals surface area contributed by atoms with Gasteiger partial charge in [-0.25, -0.2) is 18.4 Å². The number of fused-ring (bicyclic) bond motifs is 1. The van der Waals surface area contributed by atoms with E-state index < -0.39 is 19.0 Å². The maximum Gasteiger partial charge on any atom is 0.282 e. The third-order valence-corrected chi connectivity index (χ3v) is 8.80. The minimum absolute atomic E-state index is 0.325. The first-order valence-electron chi connectivity index (χ1n) is 14.1. The monoisotopic (exact) mass is 614 g/mol. The largest absolute Gasteiger partial charge is 0.497 e. The molecule has 13 heteroatoms. The summed E-state index contributed by atoms with van der Waals surface area (Å²) in [6.07, 6.45) is 4.36. The van der Waals surface area contributed by atoms with E-state index in [1.54, 1.807) is 18.0 Å². The summed E-state index contributed by atoms with van der Waals surface area (Å²) < 4.78 is 33.5. The van der Waals surface area contributed by atoms with Gasteiger partial charge in [-0.3, -0.25) is 4.79 Å². The van der Waals surface area contributed by atoms with E-state index in [9.17, 15) is 13.6 Å². The van der Waals surface area contributed by atoms with Crippen LogP contribution in [-0.4, -0.2) is 68.4 Å². The molecule has 0 aliphatic carbocycles. The zero-order chi connectivity index (χ0) is 30.3. The van der Waals surface area contributed by atoms with E-state index in [-0.39, 0.29) is 5.91 Å². The molecule has 0 unspecified atom stereocenters. The molecule has 5 heterocycles. The second-order valence-electron chi connectivity index (χ2n) is 10.8. The molecule has 224 valence electrons. The number of hydrogen-bond donors (Lipinski definition) is 1. The molecule has 1 fully saturated rings. The van der Waals surface area contributed by atoms with Gasteiger partial charge in [0.1, 0.15) is 17.3 Å². The predicted octanol–water partition coefficient (Wildman–Crippen LogP) is 5.25. The van der Waals surface area contributed by atoms with Gasteiger partial charge in [-0.2, -0.15) is 4.98 Å². The third-order valence-electron chi connectivity index (χ3n) is 7.65. The molecule has 10 nitrogen and oxygen atoms in total. The topological polar surface area (TPSA) is 101 Å². The molecule has 2 aliphatic rings. The number of thiophene rings is 1. The van der Waals surface area contributed by atoms with Crippen LogP contribution in [0, 0.1) is 0 Å². The van der Waals surface area contributed by atoms with Gasteiger partial charge in [-0.05, 0) is 53.9 Å². The number of halogens is 2. The summed E-state index contributed by atoms with van der Waals surface area (Å²) >= 11 is 1.36. The van der Waals surface area contributed by atoms with Crippen molar-refractivity contribution in [1.82, 2.24) is 29.9 Å². The van der Waals surface area contributed by atoms with E-state index in [1.807, 2.05) is 66.9 Å². The maximum absolute atomic E-state index is 13.2. The van der Waals surface area contributed by atoms with Crippen LogP contribution in [0.5, 0.6) is 5.75 Å². The molecule has 5 aromatic rings. The number of nitrogens with one attached hydrogen (secondary N) is 1. The Morgan fingerprint density at radius 3 is 2.64 bits per heavy atom. The van der Waals surface area contributed by atoms with Crippen LogP contribution in [0.2, 0.25) is 0 Å². The SMILES string of the molecule is COc1ccc(Cn2cc(-c3ccc(Nc4ccnc(N5CCc6cc(C(=O)N7CC(F)(F)C7)sc6C5)n4)cc3)nn2)cc1. The number of nitrogens with zero attached hydrogens (tertiary/aromatic N) is 7. The van der Waals surface area contributed by atoms with Crippen molar-refractivity contribution in [3.05, 3.63) is 93.9 Å². The maximum atomic E-state index is 13.2. The fourth-order valence-electron chi connectivity index (χ4n) is 5.28. The number of carbonyl (C=O) groups is 1. The quantitative estimate of drug-likeness (QED) is 0.253. The molecule has 0 saturated carbocycles. The zero-order valence-corrected chi connectivity index (χ0v) is 24.6. The number of carbonyl (C=O) groups excluding carboxylic acids is 1. The highest BCUT2D eigenvalue weighted by Crippen LogP contribution is 2.34. The van der Waals surface area contributed by atoms with E-state index in [0.29, 0.717) is 36.3 Å². The average molecular weight is 615 g/mol. The Balaban J connectivity index is 0.978. The lowest BCUT2D eigenvalue weighted by Gasteiger charge is -2.38. The standard InChI is InChI=1S/C31H28F2N8O2S/c1-43-24-8-2-20(3-9-24)15-41-16-25(37-38-41)21-4-6-23(7-5-21)35-28-10-12-34-30(36-28)39-13-11-22-14-26(44-27(22)17-39)29(42)40-18-31(32,33)19-40/h2-10,12,14,16H,11,13,15,17-19H2,1H3,(H,34,35,36). The van der Waals surface area contributed by atoms with Gasteiger partial charge in [0, 0.05) is 28.9 Å². The predicted molar refractivity (Wildman–Crippen MR) is 163 cm³/mol. The van der Waals surface area contributed by atoms with Crippen molar-refractivity contribution >= 4 is 34.7 Å². The molecule has 1 amide bonds. The van der Waals surface area contributed by atoms with Crippen LogP contribution < -0.4 is 15.0 Å². The van der Waals surface area contributed by atoms with Crippen molar-refractivity contribution in [2.24, 2.45) is 0 Å². The van der Waals surface area contributed by atoms with Crippen molar-refractivity contribution in [2.75, 3.05) is 37.0 Å². The van der Waals surface area contributed by atoms with Gasteiger partial charge in [-0.1, -0.05) is 29.5 Å². The number of rotatable bonds is 8. The number of amides is 1. The van der Waals surface area contributed by atoms with Gasteiger partial charge in [-0.15, -0.1) is 16.4 Å². The molecule has 1 N–H and O–H groups in total. The van der Waals surface area contributed by atoms with Crippen molar-refractivity contribution < 1.29 is 18.3 Å². The van der Waals surface area contributed by atoms with Crippen LogP contribution in [0.1, 0.15) is 25.7 Å².